The molecule has 0 spiro atoms. The Balaban J connectivity index is 1.84. The van der Waals surface area contributed by atoms with Crippen LogP contribution >= 0.6 is 0 Å². The molecule has 0 saturated heterocycles. The Labute approximate surface area is 125 Å². The van der Waals surface area contributed by atoms with E-state index < -0.39 is 5.60 Å². The van der Waals surface area contributed by atoms with Gasteiger partial charge in [0.1, 0.15) is 5.69 Å². The fraction of sp³-hybridized carbons (Fsp3) is 0.471. The van der Waals surface area contributed by atoms with Crippen LogP contribution in [0.2, 0.25) is 0 Å². The predicted octanol–water partition coefficient (Wildman–Crippen LogP) is 2.56. The molecule has 0 radical (unpaired) electrons. The molecule has 3 rings (SSSR count). The summed E-state index contributed by atoms with van der Waals surface area (Å²) in [7, 11) is 3.68. The largest absolute Gasteiger partial charge is 0.388 e. The van der Waals surface area contributed by atoms with Crippen LogP contribution in [0.4, 0.5) is 0 Å². The first-order chi connectivity index (χ1) is 10.0. The van der Waals surface area contributed by atoms with Gasteiger partial charge in [-0.3, -0.25) is 4.79 Å². The molecule has 4 nitrogen and oxygen atoms in total. The van der Waals surface area contributed by atoms with E-state index in [1.54, 1.807) is 11.9 Å². The van der Waals surface area contributed by atoms with Gasteiger partial charge >= 0.3 is 0 Å². The van der Waals surface area contributed by atoms with E-state index in [9.17, 15) is 9.90 Å². The lowest BCUT2D eigenvalue weighted by molar-refractivity contribution is 0.0153. The number of benzene rings is 1. The molecule has 4 heteroatoms. The zero-order valence-corrected chi connectivity index (χ0v) is 12.7. The SMILES string of the molecule is CN(CC1(O)CCCC1)C(=O)c1cc2ccccc2n1C. The second kappa shape index (κ2) is 5.19. The molecule has 1 aromatic heterocycles. The second-order valence-electron chi connectivity index (χ2n) is 6.24. The maximum atomic E-state index is 12.7. The summed E-state index contributed by atoms with van der Waals surface area (Å²) in [5, 5.41) is 11.5. The number of nitrogens with zero attached hydrogens (tertiary/aromatic N) is 2. The van der Waals surface area contributed by atoms with Crippen molar-refractivity contribution >= 4 is 16.8 Å². The summed E-state index contributed by atoms with van der Waals surface area (Å²) in [6.45, 7) is 0.410. The van der Waals surface area contributed by atoms with Crippen LogP contribution in [-0.4, -0.2) is 39.7 Å². The molecule has 1 amide bonds. The van der Waals surface area contributed by atoms with Crippen molar-refractivity contribution in [3.8, 4) is 0 Å². The molecular formula is C17H22N2O2. The standard InChI is InChI=1S/C17H22N2O2/c1-18(12-17(21)9-5-6-10-17)16(20)15-11-13-7-3-4-8-14(13)19(15)2/h3-4,7-8,11,21H,5-6,9-10,12H2,1-2H3. The van der Waals surface area contributed by atoms with Gasteiger partial charge in [0.2, 0.25) is 0 Å². The first-order valence-electron chi connectivity index (χ1n) is 7.52. The summed E-state index contributed by atoms with van der Waals surface area (Å²) in [5.41, 5.74) is 1.02. The highest BCUT2D eigenvalue weighted by Crippen LogP contribution is 2.30. The van der Waals surface area contributed by atoms with Crippen LogP contribution in [-0.2, 0) is 7.05 Å². The van der Waals surface area contributed by atoms with Crippen molar-refractivity contribution in [3.05, 3.63) is 36.0 Å². The Morgan fingerprint density at radius 1 is 1.33 bits per heavy atom. The highest BCUT2D eigenvalue weighted by atomic mass is 16.3. The van der Waals surface area contributed by atoms with Gasteiger partial charge in [0.15, 0.2) is 0 Å². The Bertz CT molecular complexity index is 668. The quantitative estimate of drug-likeness (QED) is 0.942. The normalized spacial score (nSPS) is 17.3. The van der Waals surface area contributed by atoms with Gasteiger partial charge in [-0.2, -0.15) is 0 Å². The van der Waals surface area contributed by atoms with Gasteiger partial charge in [-0.05, 0) is 25.0 Å². The van der Waals surface area contributed by atoms with Crippen LogP contribution in [0.5, 0.6) is 0 Å². The van der Waals surface area contributed by atoms with E-state index >= 15 is 0 Å². The number of amides is 1. The maximum Gasteiger partial charge on any atom is 0.270 e. The van der Waals surface area contributed by atoms with Crippen molar-refractivity contribution in [2.75, 3.05) is 13.6 Å². The van der Waals surface area contributed by atoms with Crippen molar-refractivity contribution < 1.29 is 9.90 Å². The van der Waals surface area contributed by atoms with Crippen LogP contribution in [0, 0.1) is 0 Å². The number of carbonyl (C=O) groups excluding carboxylic acids is 1. The van der Waals surface area contributed by atoms with E-state index in [1.807, 2.05) is 41.9 Å². The molecular weight excluding hydrogens is 264 g/mol. The zero-order chi connectivity index (χ0) is 15.0. The number of hydrogen-bond acceptors (Lipinski definition) is 2. The van der Waals surface area contributed by atoms with Crippen molar-refractivity contribution in [3.63, 3.8) is 0 Å². The number of aryl methyl sites for hydroxylation is 1. The number of para-hydroxylation sites is 1. The molecule has 0 aliphatic heterocycles. The van der Waals surface area contributed by atoms with E-state index in [-0.39, 0.29) is 5.91 Å². The minimum absolute atomic E-state index is 0.0333. The lowest BCUT2D eigenvalue weighted by Crippen LogP contribution is -2.42. The highest BCUT2D eigenvalue weighted by molar-refractivity contribution is 5.98. The van der Waals surface area contributed by atoms with Gasteiger partial charge in [0.05, 0.1) is 5.60 Å². The molecule has 1 aliphatic rings. The smallest absolute Gasteiger partial charge is 0.270 e. The number of hydrogen-bond donors (Lipinski definition) is 1. The van der Waals surface area contributed by atoms with E-state index in [0.29, 0.717) is 12.2 Å². The summed E-state index contributed by atoms with van der Waals surface area (Å²) in [4.78, 5) is 14.3. The Morgan fingerprint density at radius 2 is 2.00 bits per heavy atom. The number of likely N-dealkylation sites (N-methyl/N-ethyl adjacent to an activating group) is 1. The molecule has 1 aromatic carbocycles. The van der Waals surface area contributed by atoms with Crippen molar-refractivity contribution in [2.45, 2.75) is 31.3 Å². The molecule has 112 valence electrons. The van der Waals surface area contributed by atoms with Gasteiger partial charge in [-0.1, -0.05) is 31.0 Å². The summed E-state index contributed by atoms with van der Waals surface area (Å²) in [6, 6.07) is 9.89. The van der Waals surface area contributed by atoms with Gasteiger partial charge in [0, 0.05) is 31.5 Å². The summed E-state index contributed by atoms with van der Waals surface area (Å²) in [6.07, 6.45) is 3.68. The zero-order valence-electron chi connectivity index (χ0n) is 12.7. The lowest BCUT2D eigenvalue weighted by atomic mass is 10.0. The first kappa shape index (κ1) is 14.1. The number of rotatable bonds is 3. The molecule has 1 N–H and O–H groups in total. The van der Waals surface area contributed by atoms with Gasteiger partial charge in [-0.15, -0.1) is 0 Å². The third-order valence-corrected chi connectivity index (χ3v) is 4.58. The van der Waals surface area contributed by atoms with E-state index in [1.165, 1.54) is 0 Å². The third kappa shape index (κ3) is 2.56. The van der Waals surface area contributed by atoms with Crippen LogP contribution in [0.3, 0.4) is 0 Å². The van der Waals surface area contributed by atoms with Crippen molar-refractivity contribution in [1.82, 2.24) is 9.47 Å². The number of carbonyl (C=O) groups is 1. The Morgan fingerprint density at radius 3 is 2.67 bits per heavy atom. The van der Waals surface area contributed by atoms with Gasteiger partial charge in [-0.25, -0.2) is 0 Å². The van der Waals surface area contributed by atoms with Crippen LogP contribution in [0.25, 0.3) is 10.9 Å². The summed E-state index contributed by atoms with van der Waals surface area (Å²) < 4.78 is 1.92. The molecule has 0 atom stereocenters. The Kier molecular flexibility index (Phi) is 3.49. The molecule has 1 aliphatic carbocycles. The van der Waals surface area contributed by atoms with Crippen LogP contribution in [0.1, 0.15) is 36.2 Å². The predicted molar refractivity (Wildman–Crippen MR) is 83.3 cm³/mol. The molecule has 1 fully saturated rings. The number of aromatic nitrogens is 1. The average Bonchev–Trinajstić information content (AvgIpc) is 3.03. The second-order valence-corrected chi connectivity index (χ2v) is 6.24. The monoisotopic (exact) mass is 286 g/mol. The number of aliphatic hydroxyl groups is 1. The minimum Gasteiger partial charge on any atom is -0.388 e. The maximum absolute atomic E-state index is 12.7. The molecule has 1 heterocycles. The Hall–Kier alpha value is -1.81. The van der Waals surface area contributed by atoms with Crippen LogP contribution < -0.4 is 0 Å². The lowest BCUT2D eigenvalue weighted by Gasteiger charge is -2.28. The molecule has 0 unspecified atom stereocenters. The molecule has 21 heavy (non-hydrogen) atoms. The fourth-order valence-electron chi connectivity index (χ4n) is 3.39. The number of fused-ring (bicyclic) bond motifs is 1. The van der Waals surface area contributed by atoms with Crippen molar-refractivity contribution in [1.29, 1.82) is 0 Å². The molecule has 2 aromatic rings. The summed E-state index contributed by atoms with van der Waals surface area (Å²) >= 11 is 0. The average molecular weight is 286 g/mol. The van der Waals surface area contributed by atoms with Crippen LogP contribution in [0.15, 0.2) is 30.3 Å². The summed E-state index contributed by atoms with van der Waals surface area (Å²) in [5.74, 6) is -0.0333. The minimum atomic E-state index is -0.699. The fourth-order valence-corrected chi connectivity index (χ4v) is 3.39. The first-order valence-corrected chi connectivity index (χ1v) is 7.52. The third-order valence-electron chi connectivity index (χ3n) is 4.58. The van der Waals surface area contributed by atoms with Crippen molar-refractivity contribution in [2.24, 2.45) is 7.05 Å². The topological polar surface area (TPSA) is 45.5 Å². The molecule has 0 bridgehead atoms. The van der Waals surface area contributed by atoms with Gasteiger partial charge in [0.25, 0.3) is 5.91 Å². The highest BCUT2D eigenvalue weighted by Gasteiger charge is 2.34. The van der Waals surface area contributed by atoms with Gasteiger partial charge < -0.3 is 14.6 Å². The van der Waals surface area contributed by atoms with E-state index in [2.05, 4.69) is 0 Å². The van der Waals surface area contributed by atoms with E-state index in [4.69, 9.17) is 0 Å². The van der Waals surface area contributed by atoms with E-state index in [0.717, 1.165) is 36.6 Å². The molecule has 1 saturated carbocycles.